The standard InChI is InChI=1S/C21H21N5O3S2/c1-3-25(4-2)16-9-7-15(8-10-16)19(27)23-20(30)24-21-22-18(13-31-21)14-5-11-17(12-6-14)26(28)29/h5-13H,3-4H2,1-2H3,(H2,22,23,24,27,30). The molecule has 2 aromatic carbocycles. The molecule has 160 valence electrons. The minimum Gasteiger partial charge on any atom is -0.372 e. The number of hydrogen-bond acceptors (Lipinski definition) is 7. The second-order valence-corrected chi connectivity index (χ2v) is 7.74. The van der Waals surface area contributed by atoms with Crippen molar-refractivity contribution in [3.8, 4) is 11.3 Å². The molecule has 0 saturated carbocycles. The number of non-ortho nitro benzene ring substituents is 1. The van der Waals surface area contributed by atoms with Gasteiger partial charge < -0.3 is 10.2 Å². The van der Waals surface area contributed by atoms with E-state index in [1.807, 2.05) is 12.1 Å². The van der Waals surface area contributed by atoms with Crippen LogP contribution in [-0.2, 0) is 0 Å². The first-order valence-electron chi connectivity index (χ1n) is 9.59. The van der Waals surface area contributed by atoms with Gasteiger partial charge >= 0.3 is 0 Å². The van der Waals surface area contributed by atoms with Crippen LogP contribution < -0.4 is 15.5 Å². The molecule has 0 bridgehead atoms. The summed E-state index contributed by atoms with van der Waals surface area (Å²) in [6.07, 6.45) is 0. The third kappa shape index (κ3) is 5.62. The van der Waals surface area contributed by atoms with E-state index in [1.165, 1.54) is 23.5 Å². The molecule has 0 aliphatic heterocycles. The lowest BCUT2D eigenvalue weighted by Gasteiger charge is -2.21. The monoisotopic (exact) mass is 455 g/mol. The molecule has 2 N–H and O–H groups in total. The van der Waals surface area contributed by atoms with Gasteiger partial charge in [-0.2, -0.15) is 0 Å². The predicted molar refractivity (Wildman–Crippen MR) is 128 cm³/mol. The van der Waals surface area contributed by atoms with Crippen LogP contribution in [0.3, 0.4) is 0 Å². The molecule has 0 spiro atoms. The van der Waals surface area contributed by atoms with Gasteiger partial charge in [-0.25, -0.2) is 4.98 Å². The Bertz CT molecular complexity index is 1080. The predicted octanol–water partition coefficient (Wildman–Crippen LogP) is 4.69. The molecule has 0 fully saturated rings. The maximum absolute atomic E-state index is 12.5. The Hall–Kier alpha value is -3.37. The number of amides is 1. The molecule has 1 heterocycles. The van der Waals surface area contributed by atoms with Crippen molar-refractivity contribution in [1.29, 1.82) is 0 Å². The highest BCUT2D eigenvalue weighted by Gasteiger charge is 2.12. The van der Waals surface area contributed by atoms with Gasteiger partial charge in [0.25, 0.3) is 11.6 Å². The molecule has 10 heteroatoms. The second-order valence-electron chi connectivity index (χ2n) is 6.47. The number of thiazole rings is 1. The maximum atomic E-state index is 12.5. The number of nitro benzene ring substituents is 1. The zero-order valence-corrected chi connectivity index (χ0v) is 18.6. The Morgan fingerprint density at radius 3 is 2.35 bits per heavy atom. The van der Waals surface area contributed by atoms with Crippen LogP contribution in [0.4, 0.5) is 16.5 Å². The van der Waals surface area contributed by atoms with E-state index < -0.39 is 4.92 Å². The highest BCUT2D eigenvalue weighted by Crippen LogP contribution is 2.26. The summed E-state index contributed by atoms with van der Waals surface area (Å²) in [6, 6.07) is 13.5. The highest BCUT2D eigenvalue weighted by atomic mass is 32.1. The summed E-state index contributed by atoms with van der Waals surface area (Å²) in [6.45, 7) is 5.96. The number of nitro groups is 1. The summed E-state index contributed by atoms with van der Waals surface area (Å²) in [4.78, 5) is 29.4. The normalized spacial score (nSPS) is 10.4. The van der Waals surface area contributed by atoms with Crippen LogP contribution in [-0.4, -0.2) is 34.0 Å². The van der Waals surface area contributed by atoms with E-state index >= 15 is 0 Å². The number of rotatable bonds is 7. The Morgan fingerprint density at radius 2 is 1.77 bits per heavy atom. The SMILES string of the molecule is CCN(CC)c1ccc(C(=O)NC(=S)Nc2nc(-c3ccc([N+](=O)[O-])cc3)cs2)cc1. The number of aromatic nitrogens is 1. The van der Waals surface area contributed by atoms with E-state index in [-0.39, 0.29) is 16.7 Å². The molecule has 0 aliphatic rings. The number of benzene rings is 2. The van der Waals surface area contributed by atoms with Gasteiger partial charge in [0.15, 0.2) is 10.2 Å². The lowest BCUT2D eigenvalue weighted by atomic mass is 10.1. The average Bonchev–Trinajstić information content (AvgIpc) is 3.23. The molecule has 3 aromatic rings. The zero-order chi connectivity index (χ0) is 22.4. The van der Waals surface area contributed by atoms with Gasteiger partial charge in [-0.1, -0.05) is 0 Å². The van der Waals surface area contributed by atoms with Crippen molar-refractivity contribution in [1.82, 2.24) is 10.3 Å². The molecule has 0 aliphatic carbocycles. The molecule has 0 atom stereocenters. The van der Waals surface area contributed by atoms with E-state index in [0.717, 1.165) is 24.3 Å². The second kappa shape index (κ2) is 10.1. The third-order valence-electron chi connectivity index (χ3n) is 4.58. The summed E-state index contributed by atoms with van der Waals surface area (Å²) in [7, 11) is 0. The average molecular weight is 456 g/mol. The molecule has 1 aromatic heterocycles. The number of nitrogens with zero attached hydrogens (tertiary/aromatic N) is 3. The van der Waals surface area contributed by atoms with Crippen molar-refractivity contribution < 1.29 is 9.72 Å². The molecular weight excluding hydrogens is 434 g/mol. The summed E-state index contributed by atoms with van der Waals surface area (Å²) in [5.41, 5.74) is 2.99. The minimum atomic E-state index is -0.448. The van der Waals surface area contributed by atoms with Crippen LogP contribution in [0.25, 0.3) is 11.3 Å². The Morgan fingerprint density at radius 1 is 1.13 bits per heavy atom. The maximum Gasteiger partial charge on any atom is 0.269 e. The minimum absolute atomic E-state index is 0.0198. The summed E-state index contributed by atoms with van der Waals surface area (Å²) < 4.78 is 0. The lowest BCUT2D eigenvalue weighted by Crippen LogP contribution is -2.34. The van der Waals surface area contributed by atoms with Crippen LogP contribution in [0.5, 0.6) is 0 Å². The number of anilines is 2. The number of nitrogens with one attached hydrogen (secondary N) is 2. The molecular formula is C21H21N5O3S2. The van der Waals surface area contributed by atoms with E-state index in [9.17, 15) is 14.9 Å². The van der Waals surface area contributed by atoms with Gasteiger partial charge in [-0.05, 0) is 62.5 Å². The highest BCUT2D eigenvalue weighted by molar-refractivity contribution is 7.80. The smallest absolute Gasteiger partial charge is 0.269 e. The fourth-order valence-electron chi connectivity index (χ4n) is 2.93. The molecule has 31 heavy (non-hydrogen) atoms. The van der Waals surface area contributed by atoms with Gasteiger partial charge in [-0.15, -0.1) is 11.3 Å². The topological polar surface area (TPSA) is 100 Å². The number of hydrogen-bond donors (Lipinski definition) is 2. The van der Waals surface area contributed by atoms with Crippen LogP contribution in [0.15, 0.2) is 53.9 Å². The van der Waals surface area contributed by atoms with Gasteiger partial charge in [-0.3, -0.25) is 20.2 Å². The number of thiocarbonyl (C=S) groups is 1. The first-order chi connectivity index (χ1) is 14.9. The summed E-state index contributed by atoms with van der Waals surface area (Å²) in [5.74, 6) is -0.309. The summed E-state index contributed by atoms with van der Waals surface area (Å²) in [5, 5.41) is 18.8. The molecule has 0 unspecified atom stereocenters. The van der Waals surface area contributed by atoms with Crippen LogP contribution in [0.2, 0.25) is 0 Å². The van der Waals surface area contributed by atoms with Crippen LogP contribution in [0.1, 0.15) is 24.2 Å². The lowest BCUT2D eigenvalue weighted by molar-refractivity contribution is -0.384. The largest absolute Gasteiger partial charge is 0.372 e. The van der Waals surface area contributed by atoms with Crippen molar-refractivity contribution in [2.75, 3.05) is 23.3 Å². The van der Waals surface area contributed by atoms with Gasteiger partial charge in [0, 0.05) is 47.4 Å². The van der Waals surface area contributed by atoms with Crippen molar-refractivity contribution in [3.05, 3.63) is 69.6 Å². The molecule has 8 nitrogen and oxygen atoms in total. The third-order valence-corrected chi connectivity index (χ3v) is 5.55. The molecule has 3 rings (SSSR count). The van der Waals surface area contributed by atoms with E-state index in [1.54, 1.807) is 29.6 Å². The van der Waals surface area contributed by atoms with Crippen LogP contribution >= 0.6 is 23.6 Å². The Balaban J connectivity index is 1.59. The molecule has 1 amide bonds. The van der Waals surface area contributed by atoms with Crippen LogP contribution in [0, 0.1) is 10.1 Å². The molecule has 0 saturated heterocycles. The Labute approximate surface area is 189 Å². The van der Waals surface area contributed by atoms with Crippen molar-refractivity contribution >= 4 is 51.1 Å². The van der Waals surface area contributed by atoms with Crippen molar-refractivity contribution in [2.24, 2.45) is 0 Å². The van der Waals surface area contributed by atoms with Gasteiger partial charge in [0.1, 0.15) is 0 Å². The van der Waals surface area contributed by atoms with E-state index in [2.05, 4.69) is 34.4 Å². The quantitative estimate of drug-likeness (QED) is 0.303. The van der Waals surface area contributed by atoms with E-state index in [0.29, 0.717) is 16.4 Å². The summed E-state index contributed by atoms with van der Waals surface area (Å²) >= 11 is 6.55. The van der Waals surface area contributed by atoms with E-state index in [4.69, 9.17) is 12.2 Å². The fourth-order valence-corrected chi connectivity index (χ4v) is 3.91. The Kier molecular flexibility index (Phi) is 7.27. The first kappa shape index (κ1) is 22.3. The van der Waals surface area contributed by atoms with Gasteiger partial charge in [0.2, 0.25) is 0 Å². The fraction of sp³-hybridized carbons (Fsp3) is 0.190. The number of carbonyl (C=O) groups excluding carboxylic acids is 1. The van der Waals surface area contributed by atoms with Crippen molar-refractivity contribution in [2.45, 2.75) is 13.8 Å². The molecule has 0 radical (unpaired) electrons. The van der Waals surface area contributed by atoms with Gasteiger partial charge in [0.05, 0.1) is 10.6 Å². The zero-order valence-electron chi connectivity index (χ0n) is 17.0. The number of carbonyl (C=O) groups is 1. The van der Waals surface area contributed by atoms with Crippen molar-refractivity contribution in [3.63, 3.8) is 0 Å². The first-order valence-corrected chi connectivity index (χ1v) is 10.9.